The fraction of sp³-hybridized carbons (Fsp3) is 0.222. The highest BCUT2D eigenvalue weighted by Gasteiger charge is 2.30. The van der Waals surface area contributed by atoms with Crippen LogP contribution in [-0.2, 0) is 4.79 Å². The minimum atomic E-state index is -0.183. The van der Waals surface area contributed by atoms with Crippen LogP contribution in [0.5, 0.6) is 11.5 Å². The van der Waals surface area contributed by atoms with Crippen LogP contribution in [0.1, 0.15) is 23.3 Å². The van der Waals surface area contributed by atoms with Gasteiger partial charge in [-0.2, -0.15) is 5.10 Å². The number of piperidine rings is 1. The molecule has 0 bridgehead atoms. The zero-order chi connectivity index (χ0) is 24.5. The van der Waals surface area contributed by atoms with Gasteiger partial charge in [0.1, 0.15) is 11.4 Å². The van der Waals surface area contributed by atoms with E-state index >= 15 is 0 Å². The normalized spacial score (nSPS) is 15.2. The van der Waals surface area contributed by atoms with Crippen molar-refractivity contribution in [3.63, 3.8) is 0 Å². The minimum absolute atomic E-state index is 0.0598. The molecule has 2 aliphatic rings. The molecule has 2 aliphatic heterocycles. The van der Waals surface area contributed by atoms with E-state index in [2.05, 4.69) is 10.4 Å². The SMILES string of the molecule is O=C(Nc1ccc2c(c1)OCO2)C1CCN(C(=O)c2cc(-c3ccco3)nn2-c2ccccc2)CC1. The number of aromatic nitrogens is 2. The van der Waals surface area contributed by atoms with E-state index in [-0.39, 0.29) is 24.5 Å². The Bertz CT molecular complexity index is 1390. The molecule has 4 heterocycles. The molecule has 2 aromatic carbocycles. The van der Waals surface area contributed by atoms with Crippen LogP contribution < -0.4 is 14.8 Å². The lowest BCUT2D eigenvalue weighted by atomic mass is 9.95. The summed E-state index contributed by atoms with van der Waals surface area (Å²) in [4.78, 5) is 28.2. The van der Waals surface area contributed by atoms with E-state index in [1.807, 2.05) is 36.4 Å². The third-order valence-corrected chi connectivity index (χ3v) is 6.50. The van der Waals surface area contributed by atoms with Crippen molar-refractivity contribution >= 4 is 17.5 Å². The Morgan fingerprint density at radius 3 is 2.50 bits per heavy atom. The van der Waals surface area contributed by atoms with Crippen molar-refractivity contribution < 1.29 is 23.5 Å². The van der Waals surface area contributed by atoms with Gasteiger partial charge in [-0.15, -0.1) is 0 Å². The van der Waals surface area contributed by atoms with Crippen molar-refractivity contribution in [2.75, 3.05) is 25.2 Å². The summed E-state index contributed by atoms with van der Waals surface area (Å²) in [5.41, 5.74) is 2.50. The molecule has 2 aromatic heterocycles. The van der Waals surface area contributed by atoms with Gasteiger partial charge in [-0.05, 0) is 49.2 Å². The molecule has 36 heavy (non-hydrogen) atoms. The van der Waals surface area contributed by atoms with Gasteiger partial charge in [0.15, 0.2) is 17.3 Å². The number of amides is 2. The number of ether oxygens (including phenoxy) is 2. The maximum Gasteiger partial charge on any atom is 0.272 e. The third-order valence-electron chi connectivity index (χ3n) is 6.50. The molecule has 0 unspecified atom stereocenters. The number of hydrogen-bond donors (Lipinski definition) is 1. The summed E-state index contributed by atoms with van der Waals surface area (Å²) < 4.78 is 17.9. The van der Waals surface area contributed by atoms with Crippen molar-refractivity contribution in [3.05, 3.63) is 78.7 Å². The Morgan fingerprint density at radius 1 is 0.917 bits per heavy atom. The van der Waals surface area contributed by atoms with E-state index in [1.165, 1.54) is 0 Å². The first-order chi connectivity index (χ1) is 17.7. The smallest absolute Gasteiger partial charge is 0.272 e. The molecule has 9 heteroatoms. The number of carbonyl (C=O) groups is 2. The average molecular weight is 485 g/mol. The molecule has 0 saturated carbocycles. The monoisotopic (exact) mass is 484 g/mol. The number of carbonyl (C=O) groups excluding carboxylic acids is 2. The molecule has 9 nitrogen and oxygen atoms in total. The van der Waals surface area contributed by atoms with Gasteiger partial charge >= 0.3 is 0 Å². The van der Waals surface area contributed by atoms with Crippen LogP contribution in [0, 0.1) is 5.92 Å². The zero-order valence-electron chi connectivity index (χ0n) is 19.4. The van der Waals surface area contributed by atoms with Crippen LogP contribution in [0.4, 0.5) is 5.69 Å². The first-order valence-corrected chi connectivity index (χ1v) is 11.8. The molecule has 4 aromatic rings. The molecule has 0 spiro atoms. The van der Waals surface area contributed by atoms with E-state index in [0.29, 0.717) is 60.3 Å². The van der Waals surface area contributed by atoms with Gasteiger partial charge in [0.05, 0.1) is 12.0 Å². The molecule has 1 saturated heterocycles. The Hall–Kier alpha value is -4.53. The first-order valence-electron chi connectivity index (χ1n) is 11.8. The predicted octanol–water partition coefficient (Wildman–Crippen LogP) is 4.35. The van der Waals surface area contributed by atoms with Gasteiger partial charge in [-0.3, -0.25) is 9.59 Å². The van der Waals surface area contributed by atoms with E-state index < -0.39 is 0 Å². The maximum atomic E-state index is 13.6. The standard InChI is InChI=1S/C27H24N4O5/c32-26(28-19-8-9-24-25(15-19)36-17-35-24)18-10-12-30(13-11-18)27(33)22-16-21(23-7-4-14-34-23)29-31(22)20-5-2-1-3-6-20/h1-9,14-16,18H,10-13,17H2,(H,28,32). The first kappa shape index (κ1) is 22.0. The van der Waals surface area contributed by atoms with E-state index in [9.17, 15) is 9.59 Å². The Balaban J connectivity index is 1.15. The number of rotatable bonds is 5. The van der Waals surface area contributed by atoms with Crippen molar-refractivity contribution in [1.29, 1.82) is 0 Å². The highest BCUT2D eigenvalue weighted by atomic mass is 16.7. The second-order valence-electron chi connectivity index (χ2n) is 8.76. The Labute approximate surface area is 207 Å². The van der Waals surface area contributed by atoms with Gasteiger partial charge in [0, 0.05) is 36.8 Å². The van der Waals surface area contributed by atoms with Crippen molar-refractivity contribution in [2.45, 2.75) is 12.8 Å². The Morgan fingerprint density at radius 2 is 1.72 bits per heavy atom. The molecule has 182 valence electrons. The van der Waals surface area contributed by atoms with Gasteiger partial charge in [-0.25, -0.2) is 4.68 Å². The number of fused-ring (bicyclic) bond motifs is 1. The van der Waals surface area contributed by atoms with Crippen LogP contribution in [-0.4, -0.2) is 46.4 Å². The third kappa shape index (κ3) is 4.19. The average Bonchev–Trinajstić information content (AvgIpc) is 3.69. The minimum Gasteiger partial charge on any atom is -0.463 e. The Kier molecular flexibility index (Phi) is 5.65. The fourth-order valence-electron chi connectivity index (χ4n) is 4.57. The second kappa shape index (κ2) is 9.26. The van der Waals surface area contributed by atoms with E-state index in [1.54, 1.807) is 46.2 Å². The molecule has 0 radical (unpaired) electrons. The van der Waals surface area contributed by atoms with Crippen molar-refractivity contribution in [1.82, 2.24) is 14.7 Å². The van der Waals surface area contributed by atoms with Crippen LogP contribution in [0.3, 0.4) is 0 Å². The van der Waals surface area contributed by atoms with Gasteiger partial charge in [-0.1, -0.05) is 18.2 Å². The largest absolute Gasteiger partial charge is 0.463 e. The molecule has 0 atom stereocenters. The number of anilines is 1. The van der Waals surface area contributed by atoms with Crippen molar-refractivity contribution in [3.8, 4) is 28.6 Å². The summed E-state index contributed by atoms with van der Waals surface area (Å²) in [7, 11) is 0. The lowest BCUT2D eigenvalue weighted by Crippen LogP contribution is -2.42. The fourth-order valence-corrected chi connectivity index (χ4v) is 4.57. The number of para-hydroxylation sites is 1. The topological polar surface area (TPSA) is 98.8 Å². The lowest BCUT2D eigenvalue weighted by Gasteiger charge is -2.31. The van der Waals surface area contributed by atoms with Gasteiger partial charge < -0.3 is 24.1 Å². The summed E-state index contributed by atoms with van der Waals surface area (Å²) in [5, 5.41) is 7.61. The number of furan rings is 1. The van der Waals surface area contributed by atoms with Crippen molar-refractivity contribution in [2.24, 2.45) is 5.92 Å². The van der Waals surface area contributed by atoms with Crippen LogP contribution in [0.25, 0.3) is 17.1 Å². The van der Waals surface area contributed by atoms with Crippen LogP contribution >= 0.6 is 0 Å². The quantitative estimate of drug-likeness (QED) is 0.452. The van der Waals surface area contributed by atoms with Crippen LogP contribution in [0.15, 0.2) is 77.4 Å². The summed E-state index contributed by atoms with van der Waals surface area (Å²) in [6.45, 7) is 1.15. The molecule has 1 fully saturated rings. The molecule has 2 amide bonds. The molecular weight excluding hydrogens is 460 g/mol. The lowest BCUT2D eigenvalue weighted by molar-refractivity contribution is -0.121. The number of benzene rings is 2. The highest BCUT2D eigenvalue weighted by Crippen LogP contribution is 2.34. The predicted molar refractivity (Wildman–Crippen MR) is 131 cm³/mol. The maximum absolute atomic E-state index is 13.6. The molecule has 1 N–H and O–H groups in total. The van der Waals surface area contributed by atoms with Gasteiger partial charge in [0.25, 0.3) is 5.91 Å². The summed E-state index contributed by atoms with van der Waals surface area (Å²) in [5.74, 6) is 1.52. The van der Waals surface area contributed by atoms with Crippen LogP contribution in [0.2, 0.25) is 0 Å². The zero-order valence-corrected chi connectivity index (χ0v) is 19.4. The van der Waals surface area contributed by atoms with Gasteiger partial charge in [0.2, 0.25) is 12.7 Å². The highest BCUT2D eigenvalue weighted by molar-refractivity contribution is 5.95. The molecule has 6 rings (SSSR count). The number of hydrogen-bond acceptors (Lipinski definition) is 6. The summed E-state index contributed by atoms with van der Waals surface area (Å²) in [6.07, 6.45) is 2.73. The molecular formula is C27H24N4O5. The van der Waals surface area contributed by atoms with E-state index in [4.69, 9.17) is 13.9 Å². The van der Waals surface area contributed by atoms with E-state index in [0.717, 1.165) is 5.69 Å². The summed E-state index contributed by atoms with van der Waals surface area (Å²) in [6, 6.07) is 20.2. The second-order valence-corrected chi connectivity index (χ2v) is 8.76. The number of nitrogens with one attached hydrogen (secondary N) is 1. The number of nitrogens with zero attached hydrogens (tertiary/aromatic N) is 3. The summed E-state index contributed by atoms with van der Waals surface area (Å²) >= 11 is 0. The number of likely N-dealkylation sites (tertiary alicyclic amines) is 1. The molecule has 0 aliphatic carbocycles.